The van der Waals surface area contributed by atoms with Gasteiger partial charge in [-0.2, -0.15) is 5.26 Å². The maximum Gasteiger partial charge on any atom is 0.165 e. The van der Waals surface area contributed by atoms with Crippen molar-refractivity contribution in [2.45, 2.75) is 25.9 Å². The van der Waals surface area contributed by atoms with E-state index in [1.165, 1.54) is 18.2 Å². The van der Waals surface area contributed by atoms with Crippen LogP contribution in [-0.2, 0) is 0 Å². The normalized spacial score (nSPS) is 14.8. The molecule has 0 N–H and O–H groups in total. The number of aryl methyl sites for hydroxylation is 1. The van der Waals surface area contributed by atoms with Crippen molar-refractivity contribution in [3.63, 3.8) is 0 Å². The lowest BCUT2D eigenvalue weighted by molar-refractivity contribution is 0.163. The molecule has 1 aromatic carbocycles. The number of hydrogen-bond donors (Lipinski definition) is 0. The summed E-state index contributed by atoms with van der Waals surface area (Å²) in [5, 5.41) is 12.0. The number of piperidine rings is 1. The number of hydrogen-bond acceptors (Lipinski definition) is 6. The second-order valence-corrected chi connectivity index (χ2v) is 5.98. The summed E-state index contributed by atoms with van der Waals surface area (Å²) in [6.45, 7) is 3.00. The van der Waals surface area contributed by atoms with E-state index < -0.39 is 0 Å². The Morgan fingerprint density at radius 2 is 2.08 bits per heavy atom. The van der Waals surface area contributed by atoms with E-state index in [-0.39, 0.29) is 29.1 Å². The molecule has 0 saturated carbocycles. The lowest BCUT2D eigenvalue weighted by atomic mass is 10.1. The van der Waals surface area contributed by atoms with E-state index in [1.54, 1.807) is 6.07 Å². The van der Waals surface area contributed by atoms with E-state index in [0.29, 0.717) is 31.7 Å². The zero-order valence-electron chi connectivity index (χ0n) is 13.8. The number of halogens is 1. The number of anilines is 1. The molecule has 1 aliphatic rings. The number of benzene rings is 1. The van der Waals surface area contributed by atoms with Gasteiger partial charge in [-0.25, -0.2) is 9.37 Å². The van der Waals surface area contributed by atoms with Crippen LogP contribution >= 0.6 is 0 Å². The summed E-state index contributed by atoms with van der Waals surface area (Å²) >= 11 is 0. The summed E-state index contributed by atoms with van der Waals surface area (Å²) < 4.78 is 19.7. The summed E-state index contributed by atoms with van der Waals surface area (Å²) in [5.74, 6) is 0.302. The molecule has 3 rings (SSSR count). The van der Waals surface area contributed by atoms with Crippen molar-refractivity contribution < 1.29 is 9.13 Å². The molecule has 0 bridgehead atoms. The van der Waals surface area contributed by atoms with Crippen LogP contribution in [0.4, 0.5) is 15.9 Å². The molecule has 0 aliphatic carbocycles. The lowest BCUT2D eigenvalue weighted by Gasteiger charge is -2.33. The van der Waals surface area contributed by atoms with Gasteiger partial charge in [0.05, 0.1) is 0 Å². The zero-order chi connectivity index (χ0) is 17.8. The SMILES string of the molecule is Cc1ccc(OC2CCN(c3nc(C#N)ccc3N=O)CC2)c(F)c1. The molecule has 0 unspecified atom stereocenters. The highest BCUT2D eigenvalue weighted by molar-refractivity contribution is 5.63. The fraction of sp³-hybridized carbons (Fsp3) is 0.333. The molecule has 128 valence electrons. The molecule has 2 aromatic rings. The number of pyridine rings is 1. The lowest BCUT2D eigenvalue weighted by Crippen LogP contribution is -2.38. The van der Waals surface area contributed by atoms with Crippen molar-refractivity contribution in [2.24, 2.45) is 5.18 Å². The first-order chi connectivity index (χ1) is 12.1. The minimum Gasteiger partial charge on any atom is -0.487 e. The Kier molecular flexibility index (Phi) is 4.89. The molecule has 6 nitrogen and oxygen atoms in total. The number of nitriles is 1. The fourth-order valence-corrected chi connectivity index (χ4v) is 2.87. The predicted molar refractivity (Wildman–Crippen MR) is 91.4 cm³/mol. The van der Waals surface area contributed by atoms with E-state index >= 15 is 0 Å². The van der Waals surface area contributed by atoms with Gasteiger partial charge in [0.2, 0.25) is 0 Å². The molecular weight excluding hydrogens is 323 g/mol. The third-order valence-electron chi connectivity index (χ3n) is 4.19. The summed E-state index contributed by atoms with van der Waals surface area (Å²) in [6.07, 6.45) is 1.20. The van der Waals surface area contributed by atoms with E-state index in [4.69, 9.17) is 10.00 Å². The van der Waals surface area contributed by atoms with Crippen LogP contribution in [-0.4, -0.2) is 24.2 Å². The predicted octanol–water partition coefficient (Wildman–Crippen LogP) is 3.85. The quantitative estimate of drug-likeness (QED) is 0.790. The number of aromatic nitrogens is 1. The van der Waals surface area contributed by atoms with E-state index in [0.717, 1.165) is 5.56 Å². The van der Waals surface area contributed by atoms with Crippen molar-refractivity contribution in [3.8, 4) is 11.8 Å². The molecule has 1 fully saturated rings. The van der Waals surface area contributed by atoms with E-state index in [9.17, 15) is 9.30 Å². The van der Waals surface area contributed by atoms with Gasteiger partial charge in [-0.15, -0.1) is 4.91 Å². The van der Waals surface area contributed by atoms with Crippen LogP contribution in [0.3, 0.4) is 0 Å². The number of nitroso groups, excluding NO2 is 1. The van der Waals surface area contributed by atoms with Crippen LogP contribution in [0, 0.1) is 29.0 Å². The van der Waals surface area contributed by atoms with Gasteiger partial charge in [0.25, 0.3) is 0 Å². The second kappa shape index (κ2) is 7.26. The van der Waals surface area contributed by atoms with Crippen molar-refractivity contribution >= 4 is 11.5 Å². The fourth-order valence-electron chi connectivity index (χ4n) is 2.87. The van der Waals surface area contributed by atoms with Gasteiger partial charge in [0, 0.05) is 25.9 Å². The van der Waals surface area contributed by atoms with Crippen LogP contribution in [0.25, 0.3) is 0 Å². The maximum absolute atomic E-state index is 13.9. The summed E-state index contributed by atoms with van der Waals surface area (Å²) in [6, 6.07) is 9.83. The Balaban J connectivity index is 1.68. The Labute approximate surface area is 144 Å². The van der Waals surface area contributed by atoms with Gasteiger partial charge < -0.3 is 9.64 Å². The number of nitrogens with zero attached hydrogens (tertiary/aromatic N) is 4. The average molecular weight is 340 g/mol. The molecule has 1 aromatic heterocycles. The minimum absolute atomic E-state index is 0.111. The molecule has 0 atom stereocenters. The van der Waals surface area contributed by atoms with Gasteiger partial charge in [0.15, 0.2) is 23.1 Å². The summed E-state index contributed by atoms with van der Waals surface area (Å²) in [7, 11) is 0. The first-order valence-electron chi connectivity index (χ1n) is 8.03. The first kappa shape index (κ1) is 16.8. The standard InChI is InChI=1S/C18H17FN4O2/c1-12-2-5-17(15(19)10-12)25-14-6-8-23(9-7-14)18-16(22-24)4-3-13(11-20)21-18/h2-5,10,14H,6-9H2,1H3. The van der Waals surface area contributed by atoms with Crippen LogP contribution in [0.15, 0.2) is 35.5 Å². The van der Waals surface area contributed by atoms with Gasteiger partial charge in [-0.05, 0) is 41.9 Å². The molecule has 1 saturated heterocycles. The van der Waals surface area contributed by atoms with Gasteiger partial charge in [0.1, 0.15) is 17.9 Å². The van der Waals surface area contributed by atoms with Gasteiger partial charge in [-0.1, -0.05) is 6.07 Å². The Morgan fingerprint density at radius 1 is 1.32 bits per heavy atom. The van der Waals surface area contributed by atoms with E-state index in [2.05, 4.69) is 10.2 Å². The second-order valence-electron chi connectivity index (χ2n) is 5.98. The zero-order valence-corrected chi connectivity index (χ0v) is 13.8. The molecule has 0 radical (unpaired) electrons. The van der Waals surface area contributed by atoms with Crippen molar-refractivity contribution in [3.05, 3.63) is 52.3 Å². The Hall–Kier alpha value is -3.01. The summed E-state index contributed by atoms with van der Waals surface area (Å²) in [4.78, 5) is 17.1. The topological polar surface area (TPSA) is 78.6 Å². The molecule has 0 amide bonds. The van der Waals surface area contributed by atoms with Crippen LogP contribution in [0.1, 0.15) is 24.1 Å². The Morgan fingerprint density at radius 3 is 2.72 bits per heavy atom. The highest BCUT2D eigenvalue weighted by Gasteiger charge is 2.24. The number of ether oxygens (including phenoxy) is 1. The molecule has 2 heterocycles. The maximum atomic E-state index is 13.9. The van der Waals surface area contributed by atoms with Crippen LogP contribution in [0.2, 0.25) is 0 Å². The largest absolute Gasteiger partial charge is 0.487 e. The third kappa shape index (κ3) is 3.74. The molecule has 7 heteroatoms. The first-order valence-corrected chi connectivity index (χ1v) is 8.03. The van der Waals surface area contributed by atoms with Crippen molar-refractivity contribution in [2.75, 3.05) is 18.0 Å². The molecular formula is C18H17FN4O2. The molecule has 0 spiro atoms. The molecule has 1 aliphatic heterocycles. The van der Waals surface area contributed by atoms with Gasteiger partial charge >= 0.3 is 0 Å². The van der Waals surface area contributed by atoms with Crippen LogP contribution in [0.5, 0.6) is 5.75 Å². The highest BCUT2D eigenvalue weighted by atomic mass is 19.1. The van der Waals surface area contributed by atoms with Gasteiger partial charge in [-0.3, -0.25) is 0 Å². The third-order valence-corrected chi connectivity index (χ3v) is 4.19. The number of rotatable bonds is 4. The highest BCUT2D eigenvalue weighted by Crippen LogP contribution is 2.30. The molecule has 25 heavy (non-hydrogen) atoms. The minimum atomic E-state index is -0.363. The monoisotopic (exact) mass is 340 g/mol. The average Bonchev–Trinajstić information content (AvgIpc) is 2.64. The Bertz CT molecular complexity index is 826. The van der Waals surface area contributed by atoms with E-state index in [1.807, 2.05) is 24.0 Å². The van der Waals surface area contributed by atoms with Crippen molar-refractivity contribution in [1.29, 1.82) is 5.26 Å². The smallest absolute Gasteiger partial charge is 0.165 e. The van der Waals surface area contributed by atoms with Crippen molar-refractivity contribution in [1.82, 2.24) is 4.98 Å². The summed E-state index contributed by atoms with van der Waals surface area (Å²) in [5.41, 5.74) is 1.29. The van der Waals surface area contributed by atoms with Crippen LogP contribution < -0.4 is 9.64 Å².